The molecule has 0 radical (unpaired) electrons. The third kappa shape index (κ3) is 23.0. The molecule has 0 aliphatic carbocycles. The van der Waals surface area contributed by atoms with Crippen LogP contribution in [-0.2, 0) is 4.79 Å². The second-order valence-electron chi connectivity index (χ2n) is 20.2. The number of carbonyl (C=O) groups is 1. The summed E-state index contributed by atoms with van der Waals surface area (Å²) in [6, 6.07) is 29.3. The second kappa shape index (κ2) is 36.6. The van der Waals surface area contributed by atoms with E-state index in [4.69, 9.17) is 33.9 Å². The number of pyridine rings is 2. The Morgan fingerprint density at radius 2 is 0.960 bits per heavy atom. The normalized spacial score (nSPS) is 16.9. The third-order valence-corrected chi connectivity index (χ3v) is 15.1. The lowest BCUT2D eigenvalue weighted by Crippen LogP contribution is -2.48. The highest BCUT2D eigenvalue weighted by Crippen LogP contribution is 2.31. The van der Waals surface area contributed by atoms with E-state index in [-0.39, 0.29) is 12.1 Å². The topological polar surface area (TPSA) is 119 Å². The van der Waals surface area contributed by atoms with Gasteiger partial charge in [0.05, 0.1) is 23.5 Å². The Morgan fingerprint density at radius 1 is 0.520 bits per heavy atom. The maximum atomic E-state index is 9.92. The van der Waals surface area contributed by atoms with Crippen LogP contribution in [0.1, 0.15) is 150 Å². The highest BCUT2D eigenvalue weighted by atomic mass is 35.5. The molecule has 4 aliphatic rings. The number of hydrogen-bond acceptors (Lipinski definition) is 11. The number of nitrogens with two attached hydrogens (primary N) is 1. The quantitative estimate of drug-likeness (QED) is 0.0389. The summed E-state index contributed by atoms with van der Waals surface area (Å²) < 4.78 is 0. The van der Waals surface area contributed by atoms with Crippen molar-refractivity contribution < 1.29 is 4.79 Å². The molecular weight excluding hydrogens is 972 g/mol. The molecule has 4 aliphatic heterocycles. The number of allylic oxidation sites excluding steroid dienone is 4. The molecule has 2 fully saturated rings. The second-order valence-corrected chi connectivity index (χ2v) is 21.1. The van der Waals surface area contributed by atoms with E-state index in [2.05, 4.69) is 101 Å². The van der Waals surface area contributed by atoms with Gasteiger partial charge in [-0.25, -0.2) is 0 Å². The number of carbonyl (C=O) groups excluding carboxylic acids is 1. The van der Waals surface area contributed by atoms with Gasteiger partial charge in [0.2, 0.25) is 0 Å². The summed E-state index contributed by atoms with van der Waals surface area (Å²) in [5, 5.41) is 5.17. The Labute approximate surface area is 461 Å². The van der Waals surface area contributed by atoms with Gasteiger partial charge in [-0.15, -0.1) is 0 Å². The SMILES string of the molecule is Clc1ccc(C(c2ccccn2)N2CCN(CCCCCCCNCCCCC3=CCC=N3)CC2)cc1.NCCCCCCCN1CCN(C(c2ccc(Cl)cc2)c2ccccn2)CC1.O=CCCCC1=CCC=N1. The summed E-state index contributed by atoms with van der Waals surface area (Å²) in [4.78, 5) is 38.2. The Hall–Kier alpha value is -4.43. The number of nitrogens with one attached hydrogen (secondary N) is 1. The molecule has 2 saturated heterocycles. The number of piperazine rings is 2. The molecule has 406 valence electrons. The van der Waals surface area contributed by atoms with Crippen LogP contribution < -0.4 is 11.1 Å². The maximum Gasteiger partial charge on any atom is 0.120 e. The summed E-state index contributed by atoms with van der Waals surface area (Å²) >= 11 is 12.3. The molecular formula is C62H88Cl2N10O. The highest BCUT2D eigenvalue weighted by molar-refractivity contribution is 6.30. The van der Waals surface area contributed by atoms with Gasteiger partial charge in [0, 0.05) is 118 Å². The van der Waals surface area contributed by atoms with Crippen molar-refractivity contribution in [1.29, 1.82) is 0 Å². The summed E-state index contributed by atoms with van der Waals surface area (Å²) in [5.74, 6) is 0. The molecule has 0 saturated carbocycles. The zero-order valence-corrected chi connectivity index (χ0v) is 46.5. The minimum Gasteiger partial charge on any atom is -0.330 e. The van der Waals surface area contributed by atoms with Crippen LogP contribution in [0, 0.1) is 0 Å². The predicted octanol–water partition coefficient (Wildman–Crippen LogP) is 12.6. The van der Waals surface area contributed by atoms with E-state index in [0.717, 1.165) is 144 Å². The molecule has 6 heterocycles. The molecule has 0 amide bonds. The van der Waals surface area contributed by atoms with E-state index in [1.165, 1.54) is 101 Å². The first kappa shape index (κ1) is 59.8. The number of hydrogen-bond donors (Lipinski definition) is 2. The van der Waals surface area contributed by atoms with Crippen LogP contribution in [0.25, 0.3) is 0 Å². The molecule has 4 aromatic rings. The van der Waals surface area contributed by atoms with Gasteiger partial charge in [-0.05, 0) is 150 Å². The monoisotopic (exact) mass is 1060 g/mol. The van der Waals surface area contributed by atoms with Crippen LogP contribution in [-0.4, -0.2) is 133 Å². The van der Waals surface area contributed by atoms with Crippen molar-refractivity contribution in [1.82, 2.24) is 34.9 Å². The molecule has 2 aromatic heterocycles. The number of nitrogens with zero attached hydrogens (tertiary/aromatic N) is 8. The summed E-state index contributed by atoms with van der Waals surface area (Å²) in [7, 11) is 0. The maximum absolute atomic E-state index is 9.92. The van der Waals surface area contributed by atoms with Gasteiger partial charge >= 0.3 is 0 Å². The lowest BCUT2D eigenvalue weighted by Gasteiger charge is -2.39. The molecule has 75 heavy (non-hydrogen) atoms. The van der Waals surface area contributed by atoms with Crippen molar-refractivity contribution in [3.63, 3.8) is 0 Å². The Kier molecular flexibility index (Phi) is 29.2. The zero-order chi connectivity index (χ0) is 52.4. The molecule has 11 nitrogen and oxygen atoms in total. The van der Waals surface area contributed by atoms with Crippen LogP contribution >= 0.6 is 23.2 Å². The molecule has 2 aromatic carbocycles. The minimum atomic E-state index is 0.188. The Morgan fingerprint density at radius 3 is 1.39 bits per heavy atom. The fourth-order valence-corrected chi connectivity index (χ4v) is 10.6. The average Bonchev–Trinajstić information content (AvgIpc) is 4.19. The van der Waals surface area contributed by atoms with Crippen LogP contribution in [0.4, 0.5) is 0 Å². The van der Waals surface area contributed by atoms with Gasteiger partial charge in [-0.1, -0.05) is 110 Å². The van der Waals surface area contributed by atoms with Crippen LogP contribution in [0.15, 0.2) is 131 Å². The Balaban J connectivity index is 0.000000211. The number of aromatic nitrogens is 2. The van der Waals surface area contributed by atoms with Crippen LogP contribution in [0.5, 0.6) is 0 Å². The van der Waals surface area contributed by atoms with E-state index >= 15 is 0 Å². The van der Waals surface area contributed by atoms with E-state index in [1.807, 2.05) is 61.2 Å². The number of unbranched alkanes of at least 4 members (excludes halogenated alkanes) is 10. The number of benzene rings is 2. The van der Waals surface area contributed by atoms with Crippen molar-refractivity contribution in [3.8, 4) is 0 Å². The van der Waals surface area contributed by atoms with Crippen LogP contribution in [0.3, 0.4) is 0 Å². The molecule has 0 spiro atoms. The van der Waals surface area contributed by atoms with Crippen molar-refractivity contribution >= 4 is 41.9 Å². The van der Waals surface area contributed by atoms with Gasteiger partial charge in [-0.3, -0.25) is 29.8 Å². The standard InChI is InChI=1S/C31H44ClN5.C23H33ClN4.C8H11NO/c32-28-16-14-27(15-17-28)31(30-13-5-8-20-35-30)37-25-23-36(24-26-37)22-9-3-1-2-6-18-33-19-7-4-11-29-12-10-21-34-29;24-21-11-9-20(10-12-21)23(22-8-4-6-14-26-22)28-18-16-27(17-19-28)15-7-3-1-2-5-13-25;10-7-2-1-4-8-5-3-6-9-8/h5,8,12-17,20-21,31,33H,1-4,6-7,9-11,18-19,22-26H2;4,6,8-12,14,23H,1-3,5,7,13,15-19,25H2;5-7H,1-4H2. The summed E-state index contributed by atoms with van der Waals surface area (Å²) in [6.07, 6.45) is 34.2. The van der Waals surface area contributed by atoms with Crippen LogP contribution in [0.2, 0.25) is 10.0 Å². The smallest absolute Gasteiger partial charge is 0.120 e. The summed E-state index contributed by atoms with van der Waals surface area (Å²) in [6.45, 7) is 14.3. The van der Waals surface area contributed by atoms with Crippen molar-refractivity contribution in [3.05, 3.63) is 153 Å². The zero-order valence-electron chi connectivity index (χ0n) is 45.0. The highest BCUT2D eigenvalue weighted by Gasteiger charge is 2.28. The number of rotatable bonds is 30. The molecule has 8 rings (SSSR count). The minimum absolute atomic E-state index is 0.188. The molecule has 0 bridgehead atoms. The Bertz CT molecular complexity index is 2240. The van der Waals surface area contributed by atoms with Crippen molar-refractivity contribution in [2.75, 3.05) is 85.1 Å². The van der Waals surface area contributed by atoms with Gasteiger partial charge in [-0.2, -0.15) is 0 Å². The fraction of sp³-hybridized carbons (Fsp3) is 0.532. The van der Waals surface area contributed by atoms with E-state index in [0.29, 0.717) is 6.42 Å². The summed E-state index contributed by atoms with van der Waals surface area (Å²) in [5.41, 5.74) is 12.7. The number of halogens is 2. The first-order valence-corrected chi connectivity index (χ1v) is 29.3. The van der Waals surface area contributed by atoms with E-state index in [1.54, 1.807) is 0 Å². The lowest BCUT2D eigenvalue weighted by atomic mass is 10.0. The van der Waals surface area contributed by atoms with Gasteiger partial charge < -0.3 is 25.6 Å². The molecule has 2 atom stereocenters. The predicted molar refractivity (Wildman–Crippen MR) is 315 cm³/mol. The van der Waals surface area contributed by atoms with E-state index in [9.17, 15) is 4.79 Å². The van der Waals surface area contributed by atoms with Gasteiger partial charge in [0.25, 0.3) is 0 Å². The molecule has 2 unspecified atom stereocenters. The largest absolute Gasteiger partial charge is 0.330 e. The first-order chi connectivity index (χ1) is 37.0. The number of aliphatic imine (C=N–C) groups is 2. The first-order valence-electron chi connectivity index (χ1n) is 28.5. The molecule has 3 N–H and O–H groups in total. The third-order valence-electron chi connectivity index (χ3n) is 14.6. The van der Waals surface area contributed by atoms with Gasteiger partial charge in [0.15, 0.2) is 0 Å². The molecule has 13 heteroatoms. The lowest BCUT2D eigenvalue weighted by molar-refractivity contribution is -0.107. The van der Waals surface area contributed by atoms with E-state index < -0.39 is 0 Å². The fourth-order valence-electron chi connectivity index (χ4n) is 10.3. The number of aldehydes is 1. The van der Waals surface area contributed by atoms with Crippen molar-refractivity contribution in [2.24, 2.45) is 15.7 Å². The average molecular weight is 1060 g/mol. The van der Waals surface area contributed by atoms with Crippen molar-refractivity contribution in [2.45, 2.75) is 128 Å². The van der Waals surface area contributed by atoms with Gasteiger partial charge in [0.1, 0.15) is 6.29 Å².